The molecule has 0 spiro atoms. The monoisotopic (exact) mass is 297 g/mol. The van der Waals surface area contributed by atoms with Crippen molar-refractivity contribution >= 4 is 14.2 Å². The van der Waals surface area contributed by atoms with Crippen LogP contribution < -0.4 is 5.32 Å². The molecule has 1 N–H and O–H groups in total. The summed E-state index contributed by atoms with van der Waals surface area (Å²) in [6, 6.07) is 0. The van der Waals surface area contributed by atoms with Crippen molar-refractivity contribution in [1.82, 2.24) is 5.32 Å². The summed E-state index contributed by atoms with van der Waals surface area (Å²) >= 11 is 0. The molecule has 4 heteroatoms. The minimum Gasteiger partial charge on any atom is -0.356 e. The molecule has 0 unspecified atom stereocenters. The maximum atomic E-state index is 11.6. The molecule has 0 aliphatic heterocycles. The molecule has 0 radical (unpaired) electrons. The minimum atomic E-state index is -1.82. The van der Waals surface area contributed by atoms with Gasteiger partial charge in [0.1, 0.15) is 6.11 Å². The van der Waals surface area contributed by atoms with E-state index in [0.717, 1.165) is 0 Å². The Morgan fingerprint density at radius 2 is 1.40 bits per heavy atom. The van der Waals surface area contributed by atoms with Crippen LogP contribution in [0.4, 0.5) is 4.79 Å². The van der Waals surface area contributed by atoms with Crippen LogP contribution in [0.1, 0.15) is 62.3 Å². The van der Waals surface area contributed by atoms with Gasteiger partial charge in [0.25, 0.3) is 0 Å². The summed E-state index contributed by atoms with van der Waals surface area (Å²) < 4.78 is 5.05. The number of carbonyl (C=O) groups is 1. The fourth-order valence-electron chi connectivity index (χ4n) is 2.92. The number of nitrogens with one attached hydrogen (secondary N) is 1. The Kier molecular flexibility index (Phi) is 6.83. The molecule has 0 atom stereocenters. The van der Waals surface area contributed by atoms with Gasteiger partial charge in [0, 0.05) is 5.54 Å². The van der Waals surface area contributed by atoms with E-state index >= 15 is 0 Å². The molecule has 0 saturated heterocycles. The van der Waals surface area contributed by atoms with E-state index in [4.69, 9.17) is 4.74 Å². The van der Waals surface area contributed by atoms with Gasteiger partial charge in [-0.15, -0.1) is 0 Å². The Morgan fingerprint density at radius 1 is 1.00 bits per heavy atom. The largest absolute Gasteiger partial charge is 0.421 e. The number of ether oxygens (including phenoxy) is 1. The Balaban J connectivity index is 5.05. The van der Waals surface area contributed by atoms with Crippen molar-refractivity contribution in [1.29, 1.82) is 0 Å². The maximum absolute atomic E-state index is 11.6. The summed E-state index contributed by atoms with van der Waals surface area (Å²) in [7, 11) is -1.82. The smallest absolute Gasteiger partial charge is 0.356 e. The van der Waals surface area contributed by atoms with Gasteiger partial charge in [0.05, 0.1) is 0 Å². The minimum absolute atomic E-state index is 0.304. The third kappa shape index (κ3) is 5.20. The van der Waals surface area contributed by atoms with Crippen LogP contribution in [-0.2, 0) is 4.74 Å². The van der Waals surface area contributed by atoms with Gasteiger partial charge >= 0.3 is 6.09 Å². The molecule has 0 aromatic carbocycles. The van der Waals surface area contributed by atoms with Crippen molar-refractivity contribution in [3.05, 3.63) is 0 Å². The highest BCUT2D eigenvalue weighted by atomic mass is 28.3. The molecule has 1 amide bonds. The first-order chi connectivity index (χ1) is 8.93. The average Bonchev–Trinajstić information content (AvgIpc) is 2.19. The molecular weight excluding hydrogens is 266 g/mol. The number of carbonyl (C=O) groups excluding carboxylic acids is 1. The van der Waals surface area contributed by atoms with Crippen LogP contribution in [0.15, 0.2) is 0 Å². The van der Waals surface area contributed by atoms with Gasteiger partial charge in [-0.05, 0) is 37.4 Å². The molecule has 0 aromatic heterocycles. The lowest BCUT2D eigenvalue weighted by Crippen LogP contribution is -2.43. The van der Waals surface area contributed by atoms with E-state index in [1.807, 2.05) is 20.8 Å². The lowest BCUT2D eigenvalue weighted by molar-refractivity contribution is 0.182. The van der Waals surface area contributed by atoms with E-state index in [9.17, 15) is 4.79 Å². The van der Waals surface area contributed by atoms with Crippen molar-refractivity contribution in [2.45, 2.75) is 84.5 Å². The van der Waals surface area contributed by atoms with Crippen LogP contribution in [0.3, 0.4) is 0 Å². The molecule has 3 nitrogen and oxygen atoms in total. The van der Waals surface area contributed by atoms with E-state index in [-0.39, 0.29) is 5.54 Å². The topological polar surface area (TPSA) is 38.3 Å². The van der Waals surface area contributed by atoms with Gasteiger partial charge in [0.2, 0.25) is 0 Å². The second-order valence-corrected chi connectivity index (χ2v) is 13.0. The van der Waals surface area contributed by atoms with Crippen molar-refractivity contribution in [2.24, 2.45) is 0 Å². The fraction of sp³-hybridized carbons (Fsp3) is 0.812. The molecule has 0 fully saturated rings. The molecule has 20 heavy (non-hydrogen) atoms. The lowest BCUT2D eigenvalue weighted by Gasteiger charge is -2.37. The molecule has 0 saturated carbocycles. The average molecular weight is 298 g/mol. The van der Waals surface area contributed by atoms with E-state index in [2.05, 4.69) is 58.5 Å². The van der Waals surface area contributed by atoms with Gasteiger partial charge in [-0.3, -0.25) is 0 Å². The van der Waals surface area contributed by atoms with E-state index in [1.54, 1.807) is 0 Å². The molecule has 0 aliphatic rings. The summed E-state index contributed by atoms with van der Waals surface area (Å²) in [5, 5.41) is 2.74. The van der Waals surface area contributed by atoms with Crippen molar-refractivity contribution in [3.63, 3.8) is 0 Å². The first-order valence-electron chi connectivity index (χ1n) is 7.44. The van der Waals surface area contributed by atoms with Crippen LogP contribution in [0.25, 0.3) is 0 Å². The van der Waals surface area contributed by atoms with E-state index < -0.39 is 14.2 Å². The predicted octanol–water partition coefficient (Wildman–Crippen LogP) is 4.69. The lowest BCUT2D eigenvalue weighted by atomic mass is 10.1. The second-order valence-electron chi connectivity index (χ2n) is 7.39. The summed E-state index contributed by atoms with van der Waals surface area (Å²) in [4.78, 5) is 11.6. The first-order valence-corrected chi connectivity index (χ1v) is 9.67. The van der Waals surface area contributed by atoms with Gasteiger partial charge < -0.3 is 10.1 Å². The number of hydrogen-bond acceptors (Lipinski definition) is 2. The third-order valence-corrected chi connectivity index (χ3v) is 10.0. The molecule has 0 heterocycles. The quantitative estimate of drug-likeness (QED) is 0.606. The van der Waals surface area contributed by atoms with Crippen molar-refractivity contribution < 1.29 is 9.53 Å². The summed E-state index contributed by atoms with van der Waals surface area (Å²) in [6.45, 7) is 19.1. The number of alkyl carbamates (subject to hydrolysis) is 1. The van der Waals surface area contributed by atoms with E-state index in [1.165, 1.54) is 0 Å². The zero-order valence-corrected chi connectivity index (χ0v) is 15.5. The van der Waals surface area contributed by atoms with Crippen LogP contribution in [-0.4, -0.2) is 19.7 Å². The molecular formula is C16H31NO2Si. The van der Waals surface area contributed by atoms with Gasteiger partial charge in [0.15, 0.2) is 8.07 Å². The standard InChI is InChI=1S/C16H31NO2Si/c1-12(2)20(13(3)4,14(5)6)11-10-19-15(18)17-16(7,8)9/h12-14H,1-9H3,(H,17,18). The zero-order valence-electron chi connectivity index (χ0n) is 14.5. The molecule has 0 aromatic rings. The predicted molar refractivity (Wildman–Crippen MR) is 88.2 cm³/mol. The highest BCUT2D eigenvalue weighted by Crippen LogP contribution is 2.40. The summed E-state index contributed by atoms with van der Waals surface area (Å²) in [6.07, 6.45) is 2.22. The van der Waals surface area contributed by atoms with Gasteiger partial charge in [-0.25, -0.2) is 4.79 Å². The number of amides is 1. The molecule has 0 bridgehead atoms. The van der Waals surface area contributed by atoms with Crippen LogP contribution in [0, 0.1) is 11.7 Å². The molecule has 116 valence electrons. The third-order valence-electron chi connectivity index (χ3n) is 3.75. The maximum Gasteiger partial charge on any atom is 0.421 e. The Morgan fingerprint density at radius 3 is 1.70 bits per heavy atom. The summed E-state index contributed by atoms with van der Waals surface area (Å²) in [5.74, 6) is 0. The Bertz CT molecular complexity index is 362. The van der Waals surface area contributed by atoms with Crippen LogP contribution in [0.2, 0.25) is 16.6 Å². The van der Waals surface area contributed by atoms with Crippen LogP contribution in [0.5, 0.6) is 0 Å². The van der Waals surface area contributed by atoms with Crippen LogP contribution >= 0.6 is 0 Å². The second kappa shape index (κ2) is 7.17. The molecule has 0 rings (SSSR count). The van der Waals surface area contributed by atoms with Crippen molar-refractivity contribution in [3.8, 4) is 11.7 Å². The Labute approximate surface area is 125 Å². The number of rotatable bonds is 3. The number of hydrogen-bond donors (Lipinski definition) is 1. The fourth-order valence-corrected chi connectivity index (χ4v) is 8.02. The van der Waals surface area contributed by atoms with Gasteiger partial charge in [-0.2, -0.15) is 0 Å². The normalized spacial score (nSPS) is 12.4. The van der Waals surface area contributed by atoms with Crippen molar-refractivity contribution in [2.75, 3.05) is 0 Å². The molecule has 0 aliphatic carbocycles. The highest BCUT2D eigenvalue weighted by molar-refractivity contribution is 6.90. The highest BCUT2D eigenvalue weighted by Gasteiger charge is 2.42. The zero-order chi connectivity index (χ0) is 16.1. The first kappa shape index (κ1) is 19.0. The van der Waals surface area contributed by atoms with Gasteiger partial charge in [-0.1, -0.05) is 47.1 Å². The summed E-state index contributed by atoms with van der Waals surface area (Å²) in [5.41, 5.74) is 4.65. The van der Waals surface area contributed by atoms with E-state index in [0.29, 0.717) is 16.6 Å². The Hall–Kier alpha value is -0.953. The SMILES string of the molecule is CC(C)[Si](C#COC(=O)NC(C)(C)C)(C(C)C)C(C)C.